The van der Waals surface area contributed by atoms with Crippen LogP contribution >= 0.6 is 0 Å². The minimum absolute atomic E-state index is 0.0868. The Labute approximate surface area is 120 Å². The van der Waals surface area contributed by atoms with E-state index in [-0.39, 0.29) is 5.91 Å². The number of nitrogens with one attached hydrogen (secondary N) is 3. The van der Waals surface area contributed by atoms with Crippen LogP contribution in [0.1, 0.15) is 6.92 Å². The molecule has 1 aromatic carbocycles. The first-order valence-electron chi connectivity index (χ1n) is 7.35. The van der Waals surface area contributed by atoms with Crippen molar-refractivity contribution < 1.29 is 19.3 Å². The van der Waals surface area contributed by atoms with Crippen LogP contribution in [0.15, 0.2) is 24.3 Å². The van der Waals surface area contributed by atoms with Crippen molar-refractivity contribution in [2.24, 2.45) is 0 Å². The SMILES string of the molecule is CCOc1ccc(NC(=O)C[NH+]2CC[NH+](C)CC2)cc1. The van der Waals surface area contributed by atoms with Crippen LogP contribution in [0.25, 0.3) is 0 Å². The number of amides is 1. The minimum Gasteiger partial charge on any atom is -0.494 e. The van der Waals surface area contributed by atoms with E-state index < -0.39 is 0 Å². The number of anilines is 1. The lowest BCUT2D eigenvalue weighted by atomic mass is 10.3. The highest BCUT2D eigenvalue weighted by Crippen LogP contribution is 2.15. The monoisotopic (exact) mass is 279 g/mol. The van der Waals surface area contributed by atoms with Crippen LogP contribution in [0.2, 0.25) is 0 Å². The predicted octanol–water partition coefficient (Wildman–Crippen LogP) is -1.56. The third-order valence-electron chi connectivity index (χ3n) is 3.67. The number of carbonyl (C=O) groups excluding carboxylic acids is 1. The molecule has 1 saturated heterocycles. The van der Waals surface area contributed by atoms with Crippen molar-refractivity contribution in [3.05, 3.63) is 24.3 Å². The molecular formula is C15H25N3O2+2. The maximum atomic E-state index is 12.0. The van der Waals surface area contributed by atoms with Crippen molar-refractivity contribution in [3.63, 3.8) is 0 Å². The van der Waals surface area contributed by atoms with E-state index >= 15 is 0 Å². The number of likely N-dealkylation sites (N-methyl/N-ethyl adjacent to an activating group) is 1. The Morgan fingerprint density at radius 2 is 1.85 bits per heavy atom. The van der Waals surface area contributed by atoms with Crippen molar-refractivity contribution in [2.75, 3.05) is 51.7 Å². The molecule has 0 radical (unpaired) electrons. The number of benzene rings is 1. The molecule has 0 aliphatic carbocycles. The zero-order chi connectivity index (χ0) is 14.4. The minimum atomic E-state index is 0.0868. The molecule has 3 N–H and O–H groups in total. The number of hydrogen-bond donors (Lipinski definition) is 3. The van der Waals surface area contributed by atoms with E-state index in [1.54, 1.807) is 4.90 Å². The molecule has 20 heavy (non-hydrogen) atoms. The second kappa shape index (κ2) is 7.26. The fraction of sp³-hybridized carbons (Fsp3) is 0.533. The molecule has 0 unspecified atom stereocenters. The van der Waals surface area contributed by atoms with E-state index in [0.29, 0.717) is 13.2 Å². The molecule has 1 aliphatic rings. The lowest BCUT2D eigenvalue weighted by Gasteiger charge is -2.26. The van der Waals surface area contributed by atoms with Crippen molar-refractivity contribution in [1.82, 2.24) is 0 Å². The second-order valence-corrected chi connectivity index (χ2v) is 5.39. The third-order valence-corrected chi connectivity index (χ3v) is 3.67. The lowest BCUT2D eigenvalue weighted by molar-refractivity contribution is -0.999. The fourth-order valence-electron chi connectivity index (χ4n) is 2.44. The number of ether oxygens (including phenoxy) is 1. The van der Waals surface area contributed by atoms with Crippen LogP contribution in [0.3, 0.4) is 0 Å². The van der Waals surface area contributed by atoms with Crippen LogP contribution in [0.4, 0.5) is 5.69 Å². The van der Waals surface area contributed by atoms with E-state index in [9.17, 15) is 4.79 Å². The second-order valence-electron chi connectivity index (χ2n) is 5.39. The average molecular weight is 279 g/mol. The van der Waals surface area contributed by atoms with Crippen molar-refractivity contribution in [3.8, 4) is 5.75 Å². The molecule has 5 nitrogen and oxygen atoms in total. The molecule has 0 saturated carbocycles. The molecule has 5 heteroatoms. The molecule has 110 valence electrons. The third kappa shape index (κ3) is 4.51. The van der Waals surface area contributed by atoms with Gasteiger partial charge >= 0.3 is 0 Å². The van der Waals surface area contributed by atoms with Gasteiger partial charge in [0.05, 0.1) is 13.7 Å². The standard InChI is InChI=1S/C15H23N3O2/c1-3-20-14-6-4-13(5-7-14)16-15(19)12-18-10-8-17(2)9-11-18/h4-7H,3,8-12H2,1-2H3,(H,16,19)/p+2. The zero-order valence-corrected chi connectivity index (χ0v) is 12.4. The Bertz CT molecular complexity index is 425. The maximum absolute atomic E-state index is 12.0. The molecule has 0 bridgehead atoms. The molecule has 0 spiro atoms. The number of hydrogen-bond acceptors (Lipinski definition) is 2. The Kier molecular flexibility index (Phi) is 5.38. The Balaban J connectivity index is 1.79. The quantitative estimate of drug-likeness (QED) is 0.610. The molecule has 0 aromatic heterocycles. The predicted molar refractivity (Wildman–Crippen MR) is 78.4 cm³/mol. The molecule has 1 aliphatic heterocycles. The zero-order valence-electron chi connectivity index (χ0n) is 12.4. The highest BCUT2D eigenvalue weighted by atomic mass is 16.5. The van der Waals surface area contributed by atoms with E-state index in [1.807, 2.05) is 31.2 Å². The molecule has 0 atom stereocenters. The number of piperazine rings is 1. The van der Waals surface area contributed by atoms with Gasteiger partial charge in [-0.25, -0.2) is 0 Å². The molecule has 1 fully saturated rings. The largest absolute Gasteiger partial charge is 0.494 e. The van der Waals surface area contributed by atoms with Gasteiger partial charge in [-0.2, -0.15) is 0 Å². The summed E-state index contributed by atoms with van der Waals surface area (Å²) in [4.78, 5) is 14.9. The number of carbonyl (C=O) groups is 1. The normalized spacial score (nSPS) is 22.3. The van der Waals surface area contributed by atoms with Gasteiger partial charge in [0.2, 0.25) is 0 Å². The van der Waals surface area contributed by atoms with Gasteiger partial charge < -0.3 is 19.9 Å². The molecule has 2 rings (SSSR count). The van der Waals surface area contributed by atoms with Crippen LogP contribution in [0.5, 0.6) is 5.75 Å². The first kappa shape index (κ1) is 14.8. The smallest absolute Gasteiger partial charge is 0.279 e. The van der Waals surface area contributed by atoms with Crippen molar-refractivity contribution in [2.45, 2.75) is 6.92 Å². The first-order valence-corrected chi connectivity index (χ1v) is 7.35. The Hall–Kier alpha value is -1.59. The lowest BCUT2D eigenvalue weighted by Crippen LogP contribution is -3.27. The van der Waals surface area contributed by atoms with Gasteiger partial charge in [0.25, 0.3) is 5.91 Å². The van der Waals surface area contributed by atoms with Gasteiger partial charge in [-0.05, 0) is 31.2 Å². The van der Waals surface area contributed by atoms with Crippen molar-refractivity contribution >= 4 is 11.6 Å². The summed E-state index contributed by atoms with van der Waals surface area (Å²) in [7, 11) is 2.21. The van der Waals surface area contributed by atoms with E-state index in [1.165, 1.54) is 4.90 Å². The van der Waals surface area contributed by atoms with Gasteiger partial charge in [-0.15, -0.1) is 0 Å². The van der Waals surface area contributed by atoms with Crippen LogP contribution in [-0.4, -0.2) is 52.3 Å². The molecule has 1 aromatic rings. The number of quaternary nitrogens is 2. The van der Waals surface area contributed by atoms with Gasteiger partial charge in [0.15, 0.2) is 6.54 Å². The summed E-state index contributed by atoms with van der Waals surface area (Å²) in [6.07, 6.45) is 0. The molecular weight excluding hydrogens is 254 g/mol. The average Bonchev–Trinajstić information content (AvgIpc) is 2.44. The summed E-state index contributed by atoms with van der Waals surface area (Å²) in [6.45, 7) is 7.60. The van der Waals surface area contributed by atoms with Crippen LogP contribution < -0.4 is 19.9 Å². The van der Waals surface area contributed by atoms with Crippen LogP contribution in [0, 0.1) is 0 Å². The summed E-state index contributed by atoms with van der Waals surface area (Å²) in [5.41, 5.74) is 0.831. The highest BCUT2D eigenvalue weighted by molar-refractivity contribution is 5.91. The Morgan fingerprint density at radius 3 is 2.45 bits per heavy atom. The Morgan fingerprint density at radius 1 is 1.20 bits per heavy atom. The highest BCUT2D eigenvalue weighted by Gasteiger charge is 2.22. The van der Waals surface area contributed by atoms with Crippen LogP contribution in [-0.2, 0) is 4.79 Å². The number of rotatable bonds is 5. The fourth-order valence-corrected chi connectivity index (χ4v) is 2.44. The topological polar surface area (TPSA) is 47.2 Å². The summed E-state index contributed by atoms with van der Waals surface area (Å²) in [6, 6.07) is 7.52. The van der Waals surface area contributed by atoms with Gasteiger partial charge in [0, 0.05) is 5.69 Å². The van der Waals surface area contributed by atoms with Gasteiger partial charge in [0.1, 0.15) is 31.9 Å². The summed E-state index contributed by atoms with van der Waals surface area (Å²) >= 11 is 0. The van der Waals surface area contributed by atoms with E-state index in [0.717, 1.165) is 37.6 Å². The van der Waals surface area contributed by atoms with E-state index in [4.69, 9.17) is 4.74 Å². The van der Waals surface area contributed by atoms with Gasteiger partial charge in [-0.1, -0.05) is 0 Å². The van der Waals surface area contributed by atoms with E-state index in [2.05, 4.69) is 12.4 Å². The summed E-state index contributed by atoms with van der Waals surface area (Å²) in [5.74, 6) is 0.918. The first-order chi connectivity index (χ1) is 9.67. The summed E-state index contributed by atoms with van der Waals surface area (Å²) in [5, 5.41) is 2.95. The van der Waals surface area contributed by atoms with Crippen molar-refractivity contribution in [1.29, 1.82) is 0 Å². The maximum Gasteiger partial charge on any atom is 0.279 e. The molecule has 1 heterocycles. The van der Waals surface area contributed by atoms with Gasteiger partial charge in [-0.3, -0.25) is 4.79 Å². The molecule has 1 amide bonds. The summed E-state index contributed by atoms with van der Waals surface area (Å²) < 4.78 is 5.38.